The first-order valence-electron chi connectivity index (χ1n) is 6.33. The number of hydrogen-bond acceptors (Lipinski definition) is 6. The molecule has 2 aromatic rings. The van der Waals surface area contributed by atoms with E-state index in [1.54, 1.807) is 14.0 Å². The number of nitrogens with two attached hydrogens (primary N) is 1. The van der Waals surface area contributed by atoms with Crippen LogP contribution >= 0.6 is 0 Å². The van der Waals surface area contributed by atoms with E-state index in [4.69, 9.17) is 10.6 Å². The van der Waals surface area contributed by atoms with Crippen molar-refractivity contribution in [3.8, 4) is 0 Å². The van der Waals surface area contributed by atoms with Gasteiger partial charge in [-0.2, -0.15) is 4.98 Å². The van der Waals surface area contributed by atoms with Crippen LogP contribution in [0.2, 0.25) is 0 Å². The van der Waals surface area contributed by atoms with Gasteiger partial charge in [0.25, 0.3) is 5.56 Å². The Hall–Kier alpha value is -2.13. The topological polar surface area (TPSA) is 120 Å². The van der Waals surface area contributed by atoms with E-state index < -0.39 is 5.56 Å². The molecule has 4 N–H and O–H groups in total. The Morgan fingerprint density at radius 2 is 2.15 bits per heavy atom. The number of hydrazine groups is 1. The molecule has 2 aromatic heterocycles. The standard InChI is InChI=1S/C11H18N6O3/c1-3-16-9(18)7-8(14-10(13-7)15-12)17(11(16)19)5-4-6-20-2/h3-6,12H2,1-2H3,(H2,13,14,15). The smallest absolute Gasteiger partial charge is 0.332 e. The second-order valence-corrected chi connectivity index (χ2v) is 4.26. The molecule has 0 aliphatic carbocycles. The maximum atomic E-state index is 12.3. The molecule has 110 valence electrons. The molecule has 2 rings (SSSR count). The fourth-order valence-corrected chi connectivity index (χ4v) is 2.08. The first-order chi connectivity index (χ1) is 9.63. The molecular weight excluding hydrogens is 264 g/mol. The lowest BCUT2D eigenvalue weighted by atomic mass is 10.4. The summed E-state index contributed by atoms with van der Waals surface area (Å²) in [5.74, 6) is 5.53. The molecule has 9 heteroatoms. The van der Waals surface area contributed by atoms with Gasteiger partial charge in [0.2, 0.25) is 5.95 Å². The number of imidazole rings is 1. The molecule has 0 saturated carbocycles. The Morgan fingerprint density at radius 1 is 1.40 bits per heavy atom. The molecule has 20 heavy (non-hydrogen) atoms. The third kappa shape index (κ3) is 2.32. The van der Waals surface area contributed by atoms with Gasteiger partial charge in [0.05, 0.1) is 0 Å². The monoisotopic (exact) mass is 282 g/mol. The SMILES string of the molecule is CCn1c(=O)c2[nH]c(NN)nc2n(CCCOC)c1=O. The third-order valence-corrected chi connectivity index (χ3v) is 3.04. The molecule has 0 aliphatic heterocycles. The number of nitrogens with zero attached hydrogens (tertiary/aromatic N) is 3. The van der Waals surface area contributed by atoms with Crippen molar-refractivity contribution in [1.82, 2.24) is 19.1 Å². The minimum atomic E-state index is -0.399. The van der Waals surface area contributed by atoms with Crippen LogP contribution in [0.3, 0.4) is 0 Å². The highest BCUT2D eigenvalue weighted by Crippen LogP contribution is 2.08. The number of nitrogens with one attached hydrogen (secondary N) is 2. The number of rotatable bonds is 6. The van der Waals surface area contributed by atoms with Crippen LogP contribution in [0.1, 0.15) is 13.3 Å². The summed E-state index contributed by atoms with van der Waals surface area (Å²) in [7, 11) is 1.59. The number of H-pyrrole nitrogens is 1. The number of methoxy groups -OCH3 is 1. The van der Waals surface area contributed by atoms with Gasteiger partial charge in [-0.15, -0.1) is 0 Å². The molecule has 0 radical (unpaired) electrons. The number of ether oxygens (including phenoxy) is 1. The Kier molecular flexibility index (Phi) is 4.20. The summed E-state index contributed by atoms with van der Waals surface area (Å²) in [5.41, 5.74) is 2.12. The summed E-state index contributed by atoms with van der Waals surface area (Å²) in [6, 6.07) is 0. The lowest BCUT2D eigenvalue weighted by Gasteiger charge is -2.09. The molecular formula is C11H18N6O3. The van der Waals surface area contributed by atoms with Crippen LogP contribution in [-0.2, 0) is 17.8 Å². The number of nitrogen functional groups attached to an aromatic ring is 1. The highest BCUT2D eigenvalue weighted by atomic mass is 16.5. The van der Waals surface area contributed by atoms with Crippen molar-refractivity contribution in [2.24, 2.45) is 5.84 Å². The molecule has 0 atom stereocenters. The first-order valence-corrected chi connectivity index (χ1v) is 6.33. The maximum absolute atomic E-state index is 12.3. The molecule has 0 unspecified atom stereocenters. The summed E-state index contributed by atoms with van der Waals surface area (Å²) in [5, 5.41) is 0. The number of aromatic amines is 1. The van der Waals surface area contributed by atoms with E-state index in [9.17, 15) is 9.59 Å². The van der Waals surface area contributed by atoms with Gasteiger partial charge in [-0.25, -0.2) is 10.6 Å². The van der Waals surface area contributed by atoms with Crippen LogP contribution < -0.4 is 22.5 Å². The fraction of sp³-hybridized carbons (Fsp3) is 0.545. The van der Waals surface area contributed by atoms with E-state index >= 15 is 0 Å². The van der Waals surface area contributed by atoms with Crippen molar-refractivity contribution in [3.63, 3.8) is 0 Å². The normalized spacial score (nSPS) is 11.2. The fourth-order valence-electron chi connectivity index (χ4n) is 2.08. The van der Waals surface area contributed by atoms with Gasteiger partial charge in [0, 0.05) is 26.8 Å². The van der Waals surface area contributed by atoms with Gasteiger partial charge in [0.15, 0.2) is 11.2 Å². The molecule has 0 fully saturated rings. The zero-order valence-electron chi connectivity index (χ0n) is 11.5. The van der Waals surface area contributed by atoms with Gasteiger partial charge in [-0.1, -0.05) is 0 Å². The molecule has 2 heterocycles. The maximum Gasteiger partial charge on any atom is 0.332 e. The van der Waals surface area contributed by atoms with Crippen LogP contribution in [0.15, 0.2) is 9.59 Å². The average molecular weight is 282 g/mol. The van der Waals surface area contributed by atoms with Crippen molar-refractivity contribution < 1.29 is 4.74 Å². The Morgan fingerprint density at radius 3 is 2.75 bits per heavy atom. The molecule has 0 saturated heterocycles. The molecule has 0 aromatic carbocycles. The van der Waals surface area contributed by atoms with Gasteiger partial charge in [-0.05, 0) is 13.3 Å². The second-order valence-electron chi connectivity index (χ2n) is 4.26. The molecule has 0 bridgehead atoms. The van der Waals surface area contributed by atoms with Crippen molar-refractivity contribution >= 4 is 17.1 Å². The van der Waals surface area contributed by atoms with Crippen LogP contribution in [-0.4, -0.2) is 32.8 Å². The van der Waals surface area contributed by atoms with E-state index in [0.717, 1.165) is 4.57 Å². The van der Waals surface area contributed by atoms with E-state index in [2.05, 4.69) is 15.4 Å². The summed E-state index contributed by atoms with van der Waals surface area (Å²) in [6.45, 7) is 2.97. The zero-order chi connectivity index (χ0) is 14.7. The van der Waals surface area contributed by atoms with Gasteiger partial charge >= 0.3 is 5.69 Å². The molecule has 0 amide bonds. The predicted octanol–water partition coefficient (Wildman–Crippen LogP) is -0.772. The van der Waals surface area contributed by atoms with E-state index in [1.807, 2.05) is 0 Å². The Labute approximate surface area is 114 Å². The highest BCUT2D eigenvalue weighted by Gasteiger charge is 2.15. The predicted molar refractivity (Wildman–Crippen MR) is 74.6 cm³/mol. The highest BCUT2D eigenvalue weighted by molar-refractivity contribution is 5.72. The average Bonchev–Trinajstić information content (AvgIpc) is 2.87. The van der Waals surface area contributed by atoms with Crippen molar-refractivity contribution in [2.45, 2.75) is 26.4 Å². The number of anilines is 1. The summed E-state index contributed by atoms with van der Waals surface area (Å²) in [4.78, 5) is 31.4. The van der Waals surface area contributed by atoms with E-state index in [-0.39, 0.29) is 17.2 Å². The van der Waals surface area contributed by atoms with Crippen LogP contribution in [0.25, 0.3) is 11.2 Å². The number of aromatic nitrogens is 4. The van der Waals surface area contributed by atoms with Crippen molar-refractivity contribution in [2.75, 3.05) is 19.1 Å². The Balaban J connectivity index is 2.66. The largest absolute Gasteiger partial charge is 0.385 e. The van der Waals surface area contributed by atoms with Crippen molar-refractivity contribution in [3.05, 3.63) is 20.8 Å². The number of fused-ring (bicyclic) bond motifs is 1. The minimum Gasteiger partial charge on any atom is -0.385 e. The lowest BCUT2D eigenvalue weighted by Crippen LogP contribution is -2.39. The lowest BCUT2D eigenvalue weighted by molar-refractivity contribution is 0.190. The number of aryl methyl sites for hydroxylation is 1. The molecule has 9 nitrogen and oxygen atoms in total. The first kappa shape index (κ1) is 14.3. The third-order valence-electron chi connectivity index (χ3n) is 3.04. The quantitative estimate of drug-likeness (QED) is 0.363. The zero-order valence-corrected chi connectivity index (χ0v) is 11.5. The Bertz CT molecular complexity index is 713. The molecule has 0 spiro atoms. The van der Waals surface area contributed by atoms with Crippen molar-refractivity contribution in [1.29, 1.82) is 0 Å². The summed E-state index contributed by atoms with van der Waals surface area (Å²) >= 11 is 0. The summed E-state index contributed by atoms with van der Waals surface area (Å²) < 4.78 is 7.59. The minimum absolute atomic E-state index is 0.242. The van der Waals surface area contributed by atoms with E-state index in [1.165, 1.54) is 4.57 Å². The van der Waals surface area contributed by atoms with Crippen LogP contribution in [0.5, 0.6) is 0 Å². The van der Waals surface area contributed by atoms with Crippen LogP contribution in [0.4, 0.5) is 5.95 Å². The van der Waals surface area contributed by atoms with Gasteiger partial charge in [0.1, 0.15) is 0 Å². The van der Waals surface area contributed by atoms with E-state index in [0.29, 0.717) is 31.8 Å². The molecule has 0 aliphatic rings. The van der Waals surface area contributed by atoms with Gasteiger partial charge < -0.3 is 9.72 Å². The van der Waals surface area contributed by atoms with Gasteiger partial charge in [-0.3, -0.25) is 19.4 Å². The number of hydrogen-bond donors (Lipinski definition) is 3. The second kappa shape index (κ2) is 5.88. The van der Waals surface area contributed by atoms with Crippen LogP contribution in [0, 0.1) is 0 Å². The summed E-state index contributed by atoms with van der Waals surface area (Å²) in [6.07, 6.45) is 0.645.